The van der Waals surface area contributed by atoms with Gasteiger partial charge in [0, 0.05) is 34.9 Å². The summed E-state index contributed by atoms with van der Waals surface area (Å²) in [4.78, 5) is 21.1. The fraction of sp³-hybridized carbons (Fsp3) is 0.174. The summed E-state index contributed by atoms with van der Waals surface area (Å²) >= 11 is 0. The zero-order valence-corrected chi connectivity index (χ0v) is 17.1. The van der Waals surface area contributed by atoms with Crippen LogP contribution in [0.15, 0.2) is 54.7 Å². The van der Waals surface area contributed by atoms with E-state index in [9.17, 15) is 9.18 Å². The molecule has 0 saturated heterocycles. The molecule has 4 rings (SSSR count). The SMILES string of the molecule is Cc1cc2c(C(N)=O)cccc2n1-c1ncc(CCN)c(NCc2cccc(F)c2)n1. The molecule has 5 N–H and O–H groups in total. The zero-order chi connectivity index (χ0) is 22.0. The number of carbonyl (C=O) groups is 1. The number of aromatic nitrogens is 3. The van der Waals surface area contributed by atoms with E-state index in [4.69, 9.17) is 16.5 Å². The number of primary amides is 1. The van der Waals surface area contributed by atoms with Gasteiger partial charge in [-0.1, -0.05) is 18.2 Å². The molecule has 0 saturated carbocycles. The molecule has 7 nitrogen and oxygen atoms in total. The van der Waals surface area contributed by atoms with Gasteiger partial charge in [-0.25, -0.2) is 9.37 Å². The van der Waals surface area contributed by atoms with Gasteiger partial charge in [-0.15, -0.1) is 0 Å². The van der Waals surface area contributed by atoms with Crippen molar-refractivity contribution in [3.05, 3.63) is 82.9 Å². The molecule has 2 aromatic carbocycles. The standard InChI is InChI=1S/C23H23FN6O/c1-14-10-19-18(21(26)31)6-3-7-20(19)30(14)23-28-13-16(8-9-25)22(29-23)27-12-15-4-2-5-17(24)11-15/h2-7,10-11,13H,8-9,12,25H2,1H3,(H2,26,31)(H,27,28,29). The molecule has 0 atom stereocenters. The van der Waals surface area contributed by atoms with Crippen LogP contribution in [0.5, 0.6) is 0 Å². The first-order chi connectivity index (χ1) is 15.0. The van der Waals surface area contributed by atoms with Gasteiger partial charge in [-0.05, 0) is 55.8 Å². The van der Waals surface area contributed by atoms with Crippen LogP contribution >= 0.6 is 0 Å². The number of nitrogens with one attached hydrogen (secondary N) is 1. The monoisotopic (exact) mass is 418 g/mol. The Labute approximate surface area is 178 Å². The number of halogens is 1. The molecule has 4 aromatic rings. The van der Waals surface area contributed by atoms with E-state index in [1.54, 1.807) is 24.4 Å². The van der Waals surface area contributed by atoms with Crippen LogP contribution in [-0.4, -0.2) is 27.0 Å². The summed E-state index contributed by atoms with van der Waals surface area (Å²) in [5.74, 6) is 0.313. The van der Waals surface area contributed by atoms with Gasteiger partial charge >= 0.3 is 0 Å². The Morgan fingerprint density at radius 2 is 2.00 bits per heavy atom. The van der Waals surface area contributed by atoms with E-state index in [0.717, 1.165) is 27.7 Å². The number of fused-ring (bicyclic) bond motifs is 1. The molecule has 2 heterocycles. The fourth-order valence-electron chi connectivity index (χ4n) is 3.67. The Morgan fingerprint density at radius 3 is 2.74 bits per heavy atom. The molecule has 0 spiro atoms. The lowest BCUT2D eigenvalue weighted by Crippen LogP contribution is -2.13. The fourth-order valence-corrected chi connectivity index (χ4v) is 3.67. The molecule has 2 aromatic heterocycles. The van der Waals surface area contributed by atoms with Crippen molar-refractivity contribution in [3.8, 4) is 5.95 Å². The zero-order valence-electron chi connectivity index (χ0n) is 17.1. The van der Waals surface area contributed by atoms with Crippen LogP contribution in [0.3, 0.4) is 0 Å². The van der Waals surface area contributed by atoms with E-state index >= 15 is 0 Å². The largest absolute Gasteiger partial charge is 0.366 e. The Morgan fingerprint density at radius 1 is 1.19 bits per heavy atom. The number of hydrogen-bond donors (Lipinski definition) is 3. The second-order valence-electron chi connectivity index (χ2n) is 7.29. The smallest absolute Gasteiger partial charge is 0.249 e. The molecule has 0 unspecified atom stereocenters. The quantitative estimate of drug-likeness (QED) is 0.427. The van der Waals surface area contributed by atoms with Crippen molar-refractivity contribution in [1.29, 1.82) is 0 Å². The minimum atomic E-state index is -0.487. The number of carbonyl (C=O) groups excluding carboxylic acids is 1. The van der Waals surface area contributed by atoms with Gasteiger partial charge in [0.25, 0.3) is 0 Å². The maximum Gasteiger partial charge on any atom is 0.249 e. The van der Waals surface area contributed by atoms with Gasteiger partial charge in [-0.3, -0.25) is 9.36 Å². The number of nitrogens with zero attached hydrogens (tertiary/aromatic N) is 3. The van der Waals surface area contributed by atoms with Crippen molar-refractivity contribution in [1.82, 2.24) is 14.5 Å². The maximum atomic E-state index is 13.5. The molecule has 0 radical (unpaired) electrons. The Balaban J connectivity index is 1.76. The van der Waals surface area contributed by atoms with Gasteiger partial charge < -0.3 is 16.8 Å². The predicted octanol–water partition coefficient (Wildman–Crippen LogP) is 3.08. The van der Waals surface area contributed by atoms with E-state index < -0.39 is 5.91 Å². The average molecular weight is 418 g/mol. The van der Waals surface area contributed by atoms with Crippen molar-refractivity contribution < 1.29 is 9.18 Å². The highest BCUT2D eigenvalue weighted by Crippen LogP contribution is 2.26. The molecule has 0 fully saturated rings. The van der Waals surface area contributed by atoms with Crippen molar-refractivity contribution >= 4 is 22.6 Å². The Hall–Kier alpha value is -3.78. The van der Waals surface area contributed by atoms with Crippen molar-refractivity contribution in [2.75, 3.05) is 11.9 Å². The van der Waals surface area contributed by atoms with Crippen molar-refractivity contribution in [2.45, 2.75) is 19.9 Å². The molecular weight excluding hydrogens is 395 g/mol. The highest BCUT2D eigenvalue weighted by molar-refractivity contribution is 6.06. The second kappa shape index (κ2) is 8.53. The van der Waals surface area contributed by atoms with Gasteiger partial charge in [-0.2, -0.15) is 4.98 Å². The first-order valence-electron chi connectivity index (χ1n) is 9.93. The van der Waals surface area contributed by atoms with Gasteiger partial charge in [0.05, 0.1) is 5.52 Å². The maximum absolute atomic E-state index is 13.5. The Bertz CT molecular complexity index is 1270. The molecule has 0 aliphatic carbocycles. The number of benzene rings is 2. The summed E-state index contributed by atoms with van der Waals surface area (Å²) in [5.41, 5.74) is 15.1. The molecular formula is C23H23FN6O. The molecule has 1 amide bonds. The summed E-state index contributed by atoms with van der Waals surface area (Å²) < 4.78 is 15.4. The second-order valence-corrected chi connectivity index (χ2v) is 7.29. The normalized spacial score (nSPS) is 11.1. The molecule has 0 aliphatic heterocycles. The van der Waals surface area contributed by atoms with Crippen LogP contribution in [0.1, 0.15) is 27.2 Å². The summed E-state index contributed by atoms with van der Waals surface area (Å²) in [6, 6.07) is 13.7. The van der Waals surface area contributed by atoms with Crippen LogP contribution in [0.25, 0.3) is 16.9 Å². The highest BCUT2D eigenvalue weighted by Gasteiger charge is 2.16. The number of amides is 1. The van der Waals surface area contributed by atoms with Crippen molar-refractivity contribution in [2.24, 2.45) is 11.5 Å². The van der Waals surface area contributed by atoms with Crippen LogP contribution in [0.4, 0.5) is 10.2 Å². The third-order valence-corrected chi connectivity index (χ3v) is 5.11. The third kappa shape index (κ3) is 4.10. The molecule has 0 bridgehead atoms. The molecule has 0 aliphatic rings. The minimum absolute atomic E-state index is 0.287. The van der Waals surface area contributed by atoms with Crippen LogP contribution in [0, 0.1) is 12.7 Å². The summed E-state index contributed by atoms with van der Waals surface area (Å²) in [7, 11) is 0. The lowest BCUT2D eigenvalue weighted by molar-refractivity contribution is 0.100. The number of hydrogen-bond acceptors (Lipinski definition) is 5. The summed E-state index contributed by atoms with van der Waals surface area (Å²) in [5, 5.41) is 4.03. The number of aryl methyl sites for hydroxylation is 1. The van der Waals surface area contributed by atoms with Crippen molar-refractivity contribution in [3.63, 3.8) is 0 Å². The lowest BCUT2D eigenvalue weighted by atomic mass is 10.1. The van der Waals surface area contributed by atoms with E-state index in [1.807, 2.05) is 29.7 Å². The van der Waals surface area contributed by atoms with Crippen LogP contribution < -0.4 is 16.8 Å². The van der Waals surface area contributed by atoms with Crippen LogP contribution in [-0.2, 0) is 13.0 Å². The summed E-state index contributed by atoms with van der Waals surface area (Å²) in [6.45, 7) is 2.77. The van der Waals surface area contributed by atoms with Gasteiger partial charge in [0.15, 0.2) is 0 Å². The van der Waals surface area contributed by atoms with E-state index in [0.29, 0.717) is 36.8 Å². The van der Waals surface area contributed by atoms with E-state index in [2.05, 4.69) is 10.3 Å². The lowest BCUT2D eigenvalue weighted by Gasteiger charge is -2.14. The number of anilines is 1. The molecule has 158 valence electrons. The van der Waals surface area contributed by atoms with Gasteiger partial charge in [0.2, 0.25) is 11.9 Å². The predicted molar refractivity (Wildman–Crippen MR) is 119 cm³/mol. The first kappa shape index (κ1) is 20.5. The van der Waals surface area contributed by atoms with E-state index in [1.165, 1.54) is 12.1 Å². The summed E-state index contributed by atoms with van der Waals surface area (Å²) in [6.07, 6.45) is 2.34. The van der Waals surface area contributed by atoms with Gasteiger partial charge in [0.1, 0.15) is 11.6 Å². The molecule has 31 heavy (non-hydrogen) atoms. The Kier molecular flexibility index (Phi) is 5.64. The van der Waals surface area contributed by atoms with Crippen LogP contribution in [0.2, 0.25) is 0 Å². The first-order valence-corrected chi connectivity index (χ1v) is 9.93. The van der Waals surface area contributed by atoms with E-state index in [-0.39, 0.29) is 5.82 Å². The molecule has 8 heteroatoms. The minimum Gasteiger partial charge on any atom is -0.366 e. The highest BCUT2D eigenvalue weighted by atomic mass is 19.1. The number of nitrogens with two attached hydrogens (primary N) is 2. The topological polar surface area (TPSA) is 112 Å². The average Bonchev–Trinajstić information content (AvgIpc) is 3.09. The third-order valence-electron chi connectivity index (χ3n) is 5.11. The number of rotatable bonds is 7.